The van der Waals surface area contributed by atoms with Crippen LogP contribution in [0.3, 0.4) is 0 Å². The minimum absolute atomic E-state index is 0. The number of hydrogen-bond acceptors (Lipinski definition) is 6. The normalized spacial score (nSPS) is 13.7. The molecule has 0 spiro atoms. The van der Waals surface area contributed by atoms with Gasteiger partial charge >= 0.3 is 29.6 Å². The number of pyridine rings is 1. The molecular weight excluding hydrogens is 441 g/mol. The third-order valence-corrected chi connectivity index (χ3v) is 5.68. The Kier molecular flexibility index (Phi) is 9.65. The molecule has 8 heteroatoms. The summed E-state index contributed by atoms with van der Waals surface area (Å²) in [6.45, 7) is 4.12. The summed E-state index contributed by atoms with van der Waals surface area (Å²) >= 11 is 0. The van der Waals surface area contributed by atoms with Crippen molar-refractivity contribution in [3.63, 3.8) is 0 Å². The van der Waals surface area contributed by atoms with Crippen molar-refractivity contribution in [2.75, 3.05) is 26.2 Å². The monoisotopic (exact) mass is 467 g/mol. The van der Waals surface area contributed by atoms with E-state index in [1.165, 1.54) is 6.07 Å². The smallest absolute Gasteiger partial charge is 0.545 e. The van der Waals surface area contributed by atoms with E-state index in [1.54, 1.807) is 24.5 Å². The van der Waals surface area contributed by atoms with Crippen molar-refractivity contribution in [1.82, 2.24) is 14.8 Å². The van der Waals surface area contributed by atoms with Crippen LogP contribution in [0.15, 0.2) is 73.1 Å². The Morgan fingerprint density at radius 2 is 1.65 bits per heavy atom. The van der Waals surface area contributed by atoms with Crippen LogP contribution in [0.1, 0.15) is 27.0 Å². The van der Waals surface area contributed by atoms with Crippen LogP contribution in [0, 0.1) is 0 Å². The Labute approximate surface area is 221 Å². The summed E-state index contributed by atoms with van der Waals surface area (Å²) < 4.78 is 5.87. The number of nitrogens with zero attached hydrogens (tertiary/aromatic N) is 3. The molecule has 1 aromatic heterocycles. The average Bonchev–Trinajstić information content (AvgIpc) is 2.84. The summed E-state index contributed by atoms with van der Waals surface area (Å²) in [4.78, 5) is 31.9. The Bertz CT molecular complexity index is 1100. The molecule has 7 nitrogen and oxygen atoms in total. The summed E-state index contributed by atoms with van der Waals surface area (Å²) in [5, 5.41) is 11.0. The fourth-order valence-corrected chi connectivity index (χ4v) is 3.89. The van der Waals surface area contributed by atoms with Crippen LogP contribution in [-0.2, 0) is 24.4 Å². The molecule has 1 aliphatic heterocycles. The van der Waals surface area contributed by atoms with Gasteiger partial charge in [0.2, 0.25) is 5.91 Å². The maximum absolute atomic E-state index is 12.6. The molecule has 3 aromatic rings. The van der Waals surface area contributed by atoms with Crippen LogP contribution in [0.4, 0.5) is 0 Å². The van der Waals surface area contributed by atoms with Crippen molar-refractivity contribution < 1.29 is 49.0 Å². The van der Waals surface area contributed by atoms with E-state index < -0.39 is 5.97 Å². The molecule has 1 saturated heterocycles. The number of benzene rings is 2. The molecule has 0 N–H and O–H groups in total. The average molecular weight is 468 g/mol. The van der Waals surface area contributed by atoms with Gasteiger partial charge in [0.15, 0.2) is 0 Å². The van der Waals surface area contributed by atoms with E-state index in [4.69, 9.17) is 4.74 Å². The van der Waals surface area contributed by atoms with E-state index in [9.17, 15) is 14.7 Å². The Morgan fingerprint density at radius 1 is 0.912 bits per heavy atom. The molecule has 2 aromatic carbocycles. The second-order valence-electron chi connectivity index (χ2n) is 8.12. The maximum Gasteiger partial charge on any atom is 1.00 e. The molecule has 170 valence electrons. The summed E-state index contributed by atoms with van der Waals surface area (Å²) in [6, 6.07) is 18.3. The zero-order valence-electron chi connectivity index (χ0n) is 19.4. The second-order valence-corrected chi connectivity index (χ2v) is 8.12. The number of aromatic nitrogens is 1. The van der Waals surface area contributed by atoms with Crippen LogP contribution in [0.5, 0.6) is 5.75 Å². The predicted octanol–water partition coefficient (Wildman–Crippen LogP) is -1.08. The molecule has 0 atom stereocenters. The first-order valence-corrected chi connectivity index (χ1v) is 11.0. The van der Waals surface area contributed by atoms with E-state index in [-0.39, 0.29) is 47.6 Å². The minimum Gasteiger partial charge on any atom is -0.545 e. The van der Waals surface area contributed by atoms with Gasteiger partial charge < -0.3 is 19.5 Å². The zero-order valence-corrected chi connectivity index (χ0v) is 21.4. The SMILES string of the molecule is O=C([O-])c1cccc(COc2cccc(CN3CCN(C(=O)Cc4cccnc4)CC3)c2)c1.[Na+]. The summed E-state index contributed by atoms with van der Waals surface area (Å²) in [6.07, 6.45) is 3.84. The number of carboxylic acids is 1. The van der Waals surface area contributed by atoms with Gasteiger partial charge in [-0.1, -0.05) is 36.4 Å². The van der Waals surface area contributed by atoms with Gasteiger partial charge in [-0.3, -0.25) is 14.7 Å². The molecule has 0 saturated carbocycles. The van der Waals surface area contributed by atoms with Crippen LogP contribution in [0.25, 0.3) is 0 Å². The van der Waals surface area contributed by atoms with Crippen molar-refractivity contribution in [2.24, 2.45) is 0 Å². The van der Waals surface area contributed by atoms with Crippen molar-refractivity contribution in [2.45, 2.75) is 19.6 Å². The Morgan fingerprint density at radius 3 is 2.38 bits per heavy atom. The number of amides is 1. The molecule has 0 unspecified atom stereocenters. The summed E-state index contributed by atoms with van der Waals surface area (Å²) in [5.74, 6) is -0.324. The minimum atomic E-state index is -1.20. The quantitative estimate of drug-likeness (QED) is 0.392. The van der Waals surface area contributed by atoms with Crippen LogP contribution in [0.2, 0.25) is 0 Å². The third kappa shape index (κ3) is 7.40. The molecule has 0 radical (unpaired) electrons. The first-order valence-electron chi connectivity index (χ1n) is 11.0. The number of piperazine rings is 1. The predicted molar refractivity (Wildman–Crippen MR) is 121 cm³/mol. The Hall–Kier alpha value is -2.71. The van der Waals surface area contributed by atoms with E-state index in [0.717, 1.165) is 42.1 Å². The molecule has 1 amide bonds. The number of carbonyl (C=O) groups excluding carboxylic acids is 2. The van der Waals surface area contributed by atoms with E-state index >= 15 is 0 Å². The molecular formula is C26H26N3NaO4. The molecule has 0 bridgehead atoms. The summed E-state index contributed by atoms with van der Waals surface area (Å²) in [7, 11) is 0. The first kappa shape index (κ1) is 25.9. The zero-order chi connectivity index (χ0) is 23.0. The first-order chi connectivity index (χ1) is 16.1. The second kappa shape index (κ2) is 12.7. The number of carboxylic acid groups (broad SMARTS) is 1. The van der Waals surface area contributed by atoms with Crippen LogP contribution in [-0.4, -0.2) is 52.8 Å². The Balaban J connectivity index is 0.00000324. The van der Waals surface area contributed by atoms with E-state index in [0.29, 0.717) is 19.5 Å². The van der Waals surface area contributed by atoms with Crippen LogP contribution < -0.4 is 39.4 Å². The van der Waals surface area contributed by atoms with Gasteiger partial charge in [-0.2, -0.15) is 0 Å². The van der Waals surface area contributed by atoms with Gasteiger partial charge in [0.1, 0.15) is 12.4 Å². The van der Waals surface area contributed by atoms with Crippen molar-refractivity contribution in [1.29, 1.82) is 0 Å². The fraction of sp³-hybridized carbons (Fsp3) is 0.269. The molecule has 1 aliphatic rings. The van der Waals surface area contributed by atoms with Crippen molar-refractivity contribution in [3.05, 3.63) is 95.3 Å². The molecule has 34 heavy (non-hydrogen) atoms. The van der Waals surface area contributed by atoms with Gasteiger partial charge in [-0.25, -0.2) is 0 Å². The van der Waals surface area contributed by atoms with Gasteiger partial charge in [0.05, 0.1) is 12.4 Å². The molecule has 1 fully saturated rings. The van der Waals surface area contributed by atoms with E-state index in [1.807, 2.05) is 41.3 Å². The van der Waals surface area contributed by atoms with E-state index in [2.05, 4.69) is 16.0 Å². The third-order valence-electron chi connectivity index (χ3n) is 5.68. The van der Waals surface area contributed by atoms with Gasteiger partial charge in [-0.05, 0) is 46.5 Å². The fourth-order valence-electron chi connectivity index (χ4n) is 3.89. The number of hydrogen-bond donors (Lipinski definition) is 0. The number of ether oxygens (including phenoxy) is 1. The van der Waals surface area contributed by atoms with Gasteiger partial charge in [-0.15, -0.1) is 0 Å². The maximum atomic E-state index is 12.6. The summed E-state index contributed by atoms with van der Waals surface area (Å²) in [5.41, 5.74) is 2.98. The van der Waals surface area contributed by atoms with Gasteiger partial charge in [0.25, 0.3) is 0 Å². The van der Waals surface area contributed by atoms with Crippen LogP contribution >= 0.6 is 0 Å². The van der Waals surface area contributed by atoms with Crippen molar-refractivity contribution in [3.8, 4) is 5.75 Å². The number of carbonyl (C=O) groups is 2. The number of aromatic carboxylic acids is 1. The molecule has 2 heterocycles. The van der Waals surface area contributed by atoms with Crippen molar-refractivity contribution >= 4 is 11.9 Å². The molecule has 4 rings (SSSR count). The topological polar surface area (TPSA) is 85.8 Å². The largest absolute Gasteiger partial charge is 1.00 e. The number of rotatable bonds is 8. The van der Waals surface area contributed by atoms with Gasteiger partial charge in [0, 0.05) is 45.1 Å². The standard InChI is InChI=1S/C26H27N3O4.Na/c30-25(16-20-6-3-9-27-17-20)29-12-10-28(11-13-29)18-21-4-2-8-24(15-21)33-19-22-5-1-7-23(14-22)26(31)32;/h1-9,14-15,17H,10-13,16,18-19H2,(H,31,32);/q;+1/p-1. The molecule has 0 aliphatic carbocycles.